The maximum Gasteiger partial charge on any atom is 0.280 e. The third-order valence-corrected chi connectivity index (χ3v) is 8.27. The van der Waals surface area contributed by atoms with Crippen LogP contribution in [0, 0.1) is 0 Å². The van der Waals surface area contributed by atoms with E-state index in [-0.39, 0.29) is 35.8 Å². The van der Waals surface area contributed by atoms with Gasteiger partial charge < -0.3 is 28.6 Å². The van der Waals surface area contributed by atoms with E-state index < -0.39 is 17.9 Å². The molecule has 2 saturated heterocycles. The van der Waals surface area contributed by atoms with Crippen LogP contribution in [0.5, 0.6) is 11.5 Å². The Hall–Kier alpha value is -5.04. The van der Waals surface area contributed by atoms with Crippen molar-refractivity contribution in [1.29, 1.82) is 0 Å². The van der Waals surface area contributed by atoms with Crippen molar-refractivity contribution in [3.8, 4) is 11.5 Å². The number of methoxy groups -OCH3 is 2. The fourth-order valence-electron chi connectivity index (χ4n) is 5.97. The van der Waals surface area contributed by atoms with Gasteiger partial charge in [-0.15, -0.1) is 0 Å². The number of hydrogen-bond donors (Lipinski definition) is 1. The smallest absolute Gasteiger partial charge is 0.280 e. The molecule has 4 heterocycles. The highest BCUT2D eigenvalue weighted by Crippen LogP contribution is 2.48. The summed E-state index contributed by atoms with van der Waals surface area (Å²) in [6.45, 7) is 0.212. The van der Waals surface area contributed by atoms with Gasteiger partial charge >= 0.3 is 0 Å². The van der Waals surface area contributed by atoms with Gasteiger partial charge in [-0.25, -0.2) is 9.98 Å². The number of aromatic amines is 1. The second kappa shape index (κ2) is 12.0. The minimum absolute atomic E-state index is 0.172. The molecule has 0 saturated carbocycles. The van der Waals surface area contributed by atoms with Crippen molar-refractivity contribution in [3.05, 3.63) is 112 Å². The standard InChI is InChI=1S/C34H34N6O6/c1-39(2)19-36-33-37-30-27(31(41)38-33)35-20-40(30)32-29-28(46-29)26(45-32)18-44-34(21-8-6-5-7-9-21,22-10-14-24(42-3)15-11-22)23-12-16-25(43-4)17-13-23/h5-17,19-20,26,28-29,32H,18H2,1-4H3,(H,37,38,41)/b36-19+/t26-,28-,29-,32-/m1/s1. The van der Waals surface area contributed by atoms with Crippen LogP contribution in [-0.4, -0.2) is 84.0 Å². The maximum absolute atomic E-state index is 12.8. The number of nitrogens with one attached hydrogen (secondary N) is 1. The number of aliphatic imine (C=N–C) groups is 1. The maximum atomic E-state index is 12.8. The van der Waals surface area contributed by atoms with Gasteiger partial charge in [-0.3, -0.25) is 14.3 Å². The SMILES string of the molecule is COc1ccc(C(OC[C@H]2O[C@@H](n3cnc4c(=O)[nH]c(/N=C/N(C)C)nc43)[C@@H]3O[C@@H]32)(c2ccccc2)c2ccc(OC)cc2)cc1. The molecule has 0 bridgehead atoms. The summed E-state index contributed by atoms with van der Waals surface area (Å²) in [4.78, 5) is 30.3. The van der Waals surface area contributed by atoms with Crippen molar-refractivity contribution in [2.45, 2.75) is 30.1 Å². The lowest BCUT2D eigenvalue weighted by Crippen LogP contribution is -2.37. The fraction of sp³-hybridized carbons (Fsp3) is 0.294. The molecule has 0 spiro atoms. The Kier molecular flexibility index (Phi) is 7.77. The highest BCUT2D eigenvalue weighted by atomic mass is 16.7. The van der Waals surface area contributed by atoms with Crippen LogP contribution >= 0.6 is 0 Å². The van der Waals surface area contributed by atoms with E-state index in [9.17, 15) is 4.79 Å². The van der Waals surface area contributed by atoms with Crippen molar-refractivity contribution in [1.82, 2.24) is 24.4 Å². The number of rotatable bonds is 11. The van der Waals surface area contributed by atoms with Crippen LogP contribution < -0.4 is 15.0 Å². The summed E-state index contributed by atoms with van der Waals surface area (Å²) in [7, 11) is 6.96. The van der Waals surface area contributed by atoms with Crippen LogP contribution in [0.4, 0.5) is 5.95 Å². The van der Waals surface area contributed by atoms with Crippen LogP contribution in [0.25, 0.3) is 11.2 Å². The van der Waals surface area contributed by atoms with Crippen molar-refractivity contribution >= 4 is 23.5 Å². The third kappa shape index (κ3) is 5.30. The monoisotopic (exact) mass is 622 g/mol. The topological polar surface area (TPSA) is 129 Å². The van der Waals surface area contributed by atoms with E-state index in [4.69, 9.17) is 23.7 Å². The van der Waals surface area contributed by atoms with Gasteiger partial charge in [-0.2, -0.15) is 4.98 Å². The molecule has 2 fully saturated rings. The first-order valence-electron chi connectivity index (χ1n) is 14.9. The van der Waals surface area contributed by atoms with Gasteiger partial charge in [0.05, 0.1) is 33.5 Å². The molecule has 0 radical (unpaired) electrons. The summed E-state index contributed by atoms with van der Waals surface area (Å²) < 4.78 is 32.4. The molecule has 12 heteroatoms. The van der Waals surface area contributed by atoms with Crippen LogP contribution in [-0.2, 0) is 19.8 Å². The molecule has 2 aliphatic rings. The fourth-order valence-corrected chi connectivity index (χ4v) is 5.97. The lowest BCUT2D eigenvalue weighted by Gasteiger charge is -2.37. The average Bonchev–Trinajstić information content (AvgIpc) is 3.63. The lowest BCUT2D eigenvalue weighted by molar-refractivity contribution is -0.115. The molecule has 2 aromatic heterocycles. The molecule has 0 aliphatic carbocycles. The second-order valence-electron chi connectivity index (χ2n) is 11.4. The predicted octanol–water partition coefficient (Wildman–Crippen LogP) is 4.03. The summed E-state index contributed by atoms with van der Waals surface area (Å²) >= 11 is 0. The van der Waals surface area contributed by atoms with E-state index in [0.29, 0.717) is 5.65 Å². The predicted molar refractivity (Wildman–Crippen MR) is 171 cm³/mol. The van der Waals surface area contributed by atoms with E-state index in [0.717, 1.165) is 28.2 Å². The van der Waals surface area contributed by atoms with Gasteiger partial charge in [-0.1, -0.05) is 54.6 Å². The van der Waals surface area contributed by atoms with Crippen LogP contribution in [0.15, 0.2) is 95.0 Å². The molecule has 3 aromatic carbocycles. The molecule has 0 unspecified atom stereocenters. The molecule has 2 aliphatic heterocycles. The number of hydrogen-bond acceptors (Lipinski definition) is 9. The molecule has 46 heavy (non-hydrogen) atoms. The first-order valence-corrected chi connectivity index (χ1v) is 14.9. The normalized spacial score (nSPS) is 20.6. The number of nitrogens with zero attached hydrogens (tertiary/aromatic N) is 5. The zero-order chi connectivity index (χ0) is 31.8. The van der Waals surface area contributed by atoms with Crippen molar-refractivity contribution < 1.29 is 23.7 Å². The quantitative estimate of drug-likeness (QED) is 0.100. The second-order valence-corrected chi connectivity index (χ2v) is 11.4. The van der Waals surface area contributed by atoms with Crippen molar-refractivity contribution in [2.75, 3.05) is 34.9 Å². The summed E-state index contributed by atoms with van der Waals surface area (Å²) in [5.41, 5.74) is 1.97. The number of fused-ring (bicyclic) bond motifs is 2. The van der Waals surface area contributed by atoms with E-state index in [1.54, 1.807) is 36.4 Å². The largest absolute Gasteiger partial charge is 0.497 e. The van der Waals surface area contributed by atoms with E-state index in [1.807, 2.05) is 80.8 Å². The lowest BCUT2D eigenvalue weighted by atomic mass is 9.80. The molecule has 4 atom stereocenters. The zero-order valence-corrected chi connectivity index (χ0v) is 25.9. The van der Waals surface area contributed by atoms with Gasteiger partial charge in [0.25, 0.3) is 5.56 Å². The molecule has 12 nitrogen and oxygen atoms in total. The summed E-state index contributed by atoms with van der Waals surface area (Å²) in [5, 5.41) is 0. The highest BCUT2D eigenvalue weighted by Gasteiger charge is 2.59. The van der Waals surface area contributed by atoms with Gasteiger partial charge in [0.15, 0.2) is 17.4 Å². The van der Waals surface area contributed by atoms with Gasteiger partial charge in [0.2, 0.25) is 5.95 Å². The van der Waals surface area contributed by atoms with Crippen molar-refractivity contribution in [2.24, 2.45) is 4.99 Å². The zero-order valence-electron chi connectivity index (χ0n) is 25.9. The van der Waals surface area contributed by atoms with Crippen LogP contribution in [0.2, 0.25) is 0 Å². The van der Waals surface area contributed by atoms with Crippen LogP contribution in [0.3, 0.4) is 0 Å². The number of aromatic nitrogens is 4. The Bertz CT molecular complexity index is 1860. The number of imidazole rings is 1. The Labute approximate surface area is 265 Å². The van der Waals surface area contributed by atoms with E-state index in [2.05, 4.69) is 32.1 Å². The minimum Gasteiger partial charge on any atom is -0.497 e. The molecule has 5 aromatic rings. The van der Waals surface area contributed by atoms with Gasteiger partial charge in [-0.05, 0) is 41.0 Å². The number of epoxide rings is 1. The highest BCUT2D eigenvalue weighted by molar-refractivity contribution is 5.71. The third-order valence-electron chi connectivity index (χ3n) is 8.27. The first kappa shape index (κ1) is 29.7. The Morgan fingerprint density at radius 1 is 0.913 bits per heavy atom. The summed E-state index contributed by atoms with van der Waals surface area (Å²) in [5.74, 6) is 1.66. The average molecular weight is 623 g/mol. The summed E-state index contributed by atoms with van der Waals surface area (Å²) in [6, 6.07) is 25.9. The summed E-state index contributed by atoms with van der Waals surface area (Å²) in [6.07, 6.45) is 1.73. The molecular weight excluding hydrogens is 588 g/mol. The number of benzene rings is 3. The van der Waals surface area contributed by atoms with E-state index in [1.165, 1.54) is 0 Å². The Morgan fingerprint density at radius 3 is 2.15 bits per heavy atom. The molecule has 7 rings (SSSR count). The van der Waals surface area contributed by atoms with Crippen molar-refractivity contribution in [3.63, 3.8) is 0 Å². The van der Waals surface area contributed by atoms with Gasteiger partial charge in [0.1, 0.15) is 35.4 Å². The molecular formula is C34H34N6O6. The molecule has 236 valence electrons. The van der Waals surface area contributed by atoms with E-state index >= 15 is 0 Å². The van der Waals surface area contributed by atoms with Crippen LogP contribution in [0.1, 0.15) is 22.9 Å². The molecule has 1 N–H and O–H groups in total. The number of ether oxygens (including phenoxy) is 5. The number of H-pyrrole nitrogens is 1. The Morgan fingerprint density at radius 2 is 1.54 bits per heavy atom. The Balaban J connectivity index is 1.23. The minimum atomic E-state index is -0.998. The first-order chi connectivity index (χ1) is 22.4. The molecule has 0 amide bonds. The van der Waals surface area contributed by atoms with Gasteiger partial charge in [0, 0.05) is 14.1 Å².